The summed E-state index contributed by atoms with van der Waals surface area (Å²) in [4.78, 5) is 12.4. The Morgan fingerprint density at radius 2 is 1.61 bits per heavy atom. The lowest BCUT2D eigenvalue weighted by Gasteiger charge is -2.09. The molecule has 1 aromatic heterocycles. The Morgan fingerprint density at radius 3 is 2.29 bits per heavy atom. The predicted octanol–water partition coefficient (Wildman–Crippen LogP) is 5.24. The molecule has 5 heteroatoms. The zero-order chi connectivity index (χ0) is 19.5. The molecule has 0 unspecified atom stereocenters. The monoisotopic (exact) mass is 371 g/mol. The number of anilines is 1. The summed E-state index contributed by atoms with van der Waals surface area (Å²) in [6, 6.07) is 25.0. The van der Waals surface area contributed by atoms with Crippen molar-refractivity contribution in [2.75, 3.05) is 5.32 Å². The number of hydrogen-bond acceptors (Lipinski definition) is 2. The van der Waals surface area contributed by atoms with Gasteiger partial charge in [0.25, 0.3) is 5.91 Å². The van der Waals surface area contributed by atoms with Crippen LogP contribution in [-0.2, 0) is 0 Å². The molecular weight excluding hydrogens is 353 g/mol. The molecule has 0 saturated carbocycles. The number of benzene rings is 3. The second-order valence-electron chi connectivity index (χ2n) is 6.46. The smallest absolute Gasteiger partial charge is 0.255 e. The topological polar surface area (TPSA) is 46.9 Å². The highest BCUT2D eigenvalue weighted by atomic mass is 19.1. The van der Waals surface area contributed by atoms with Crippen LogP contribution in [0.15, 0.2) is 84.9 Å². The lowest BCUT2D eigenvalue weighted by molar-refractivity contribution is 0.102. The van der Waals surface area contributed by atoms with Crippen molar-refractivity contribution in [1.29, 1.82) is 0 Å². The van der Waals surface area contributed by atoms with Gasteiger partial charge < -0.3 is 5.32 Å². The Kier molecular flexibility index (Phi) is 4.72. The van der Waals surface area contributed by atoms with Crippen LogP contribution in [0.25, 0.3) is 16.9 Å². The first-order chi connectivity index (χ1) is 13.6. The van der Waals surface area contributed by atoms with Gasteiger partial charge in [-0.3, -0.25) is 4.79 Å². The molecule has 4 aromatic rings. The standard InChI is InChI=1S/C23H18FN3O/c1-16-15-22(17-5-3-2-4-6-17)27(26-16)21-13-7-18(8-14-21)23(28)25-20-11-9-19(24)10-12-20/h2-15H,1H3,(H,25,28). The van der Waals surface area contributed by atoms with Gasteiger partial charge in [-0.2, -0.15) is 5.10 Å². The van der Waals surface area contributed by atoms with Crippen LogP contribution >= 0.6 is 0 Å². The van der Waals surface area contributed by atoms with E-state index in [0.717, 1.165) is 22.6 Å². The summed E-state index contributed by atoms with van der Waals surface area (Å²) in [5.41, 5.74) is 4.90. The number of nitrogens with zero attached hydrogens (tertiary/aromatic N) is 2. The average molecular weight is 371 g/mol. The zero-order valence-corrected chi connectivity index (χ0v) is 15.3. The predicted molar refractivity (Wildman–Crippen MR) is 108 cm³/mol. The minimum Gasteiger partial charge on any atom is -0.322 e. The molecule has 0 aliphatic carbocycles. The fourth-order valence-corrected chi connectivity index (χ4v) is 3.00. The van der Waals surface area contributed by atoms with Crippen LogP contribution < -0.4 is 5.32 Å². The highest BCUT2D eigenvalue weighted by Gasteiger charge is 2.11. The van der Waals surface area contributed by atoms with Crippen molar-refractivity contribution in [2.24, 2.45) is 0 Å². The Bertz CT molecular complexity index is 1100. The average Bonchev–Trinajstić information content (AvgIpc) is 3.12. The molecular formula is C23H18FN3O. The van der Waals surface area contributed by atoms with E-state index < -0.39 is 0 Å². The van der Waals surface area contributed by atoms with E-state index in [0.29, 0.717) is 11.3 Å². The van der Waals surface area contributed by atoms with Crippen LogP contribution in [0, 0.1) is 12.7 Å². The maximum Gasteiger partial charge on any atom is 0.255 e. The van der Waals surface area contributed by atoms with Gasteiger partial charge in [-0.25, -0.2) is 9.07 Å². The molecule has 3 aromatic carbocycles. The number of carbonyl (C=O) groups is 1. The number of aryl methyl sites for hydroxylation is 1. The molecule has 4 rings (SSSR count). The van der Waals surface area contributed by atoms with E-state index in [1.54, 1.807) is 12.1 Å². The number of hydrogen-bond donors (Lipinski definition) is 1. The van der Waals surface area contributed by atoms with Crippen molar-refractivity contribution >= 4 is 11.6 Å². The molecule has 0 radical (unpaired) electrons. The minimum absolute atomic E-state index is 0.252. The SMILES string of the molecule is Cc1cc(-c2ccccc2)n(-c2ccc(C(=O)Nc3ccc(F)cc3)cc2)n1. The summed E-state index contributed by atoms with van der Waals surface area (Å²) in [6.45, 7) is 1.95. The molecule has 1 amide bonds. The van der Waals surface area contributed by atoms with Gasteiger partial charge in [0.1, 0.15) is 5.82 Å². The van der Waals surface area contributed by atoms with E-state index in [4.69, 9.17) is 0 Å². The van der Waals surface area contributed by atoms with E-state index in [9.17, 15) is 9.18 Å². The van der Waals surface area contributed by atoms with Gasteiger partial charge in [-0.05, 0) is 61.5 Å². The van der Waals surface area contributed by atoms with Crippen molar-refractivity contribution in [1.82, 2.24) is 9.78 Å². The molecule has 0 aliphatic heterocycles. The molecule has 0 aliphatic rings. The van der Waals surface area contributed by atoms with Gasteiger partial charge in [0.15, 0.2) is 0 Å². The van der Waals surface area contributed by atoms with Crippen molar-refractivity contribution in [3.63, 3.8) is 0 Å². The molecule has 1 heterocycles. The second-order valence-corrected chi connectivity index (χ2v) is 6.46. The first kappa shape index (κ1) is 17.7. The Labute approximate surface area is 162 Å². The fourth-order valence-electron chi connectivity index (χ4n) is 3.00. The second kappa shape index (κ2) is 7.48. The number of halogens is 1. The molecule has 0 fully saturated rings. The molecule has 0 bridgehead atoms. The summed E-state index contributed by atoms with van der Waals surface area (Å²) >= 11 is 0. The maximum absolute atomic E-state index is 13.0. The molecule has 0 atom stereocenters. The van der Waals surface area contributed by atoms with Gasteiger partial charge in [-0.15, -0.1) is 0 Å². The molecule has 138 valence electrons. The van der Waals surface area contributed by atoms with Gasteiger partial charge in [0, 0.05) is 16.8 Å². The van der Waals surface area contributed by atoms with E-state index >= 15 is 0 Å². The number of carbonyl (C=O) groups excluding carboxylic acids is 1. The highest BCUT2D eigenvalue weighted by molar-refractivity contribution is 6.04. The van der Waals surface area contributed by atoms with Crippen molar-refractivity contribution in [3.05, 3.63) is 102 Å². The van der Waals surface area contributed by atoms with E-state index in [1.165, 1.54) is 24.3 Å². The van der Waals surface area contributed by atoms with Crippen molar-refractivity contribution in [3.8, 4) is 16.9 Å². The van der Waals surface area contributed by atoms with Crippen LogP contribution in [0.3, 0.4) is 0 Å². The first-order valence-electron chi connectivity index (χ1n) is 8.89. The van der Waals surface area contributed by atoms with E-state index in [-0.39, 0.29) is 11.7 Å². The summed E-state index contributed by atoms with van der Waals surface area (Å²) in [5.74, 6) is -0.593. The van der Waals surface area contributed by atoms with Gasteiger partial charge >= 0.3 is 0 Å². The third-order valence-electron chi connectivity index (χ3n) is 4.38. The van der Waals surface area contributed by atoms with Gasteiger partial charge in [0.2, 0.25) is 0 Å². The third kappa shape index (κ3) is 3.69. The quantitative estimate of drug-likeness (QED) is 0.533. The molecule has 0 saturated heterocycles. The molecule has 0 spiro atoms. The summed E-state index contributed by atoms with van der Waals surface area (Å²) < 4.78 is 14.9. The van der Waals surface area contributed by atoms with Crippen LogP contribution in [0.1, 0.15) is 16.1 Å². The third-order valence-corrected chi connectivity index (χ3v) is 4.38. The van der Waals surface area contributed by atoms with Crippen LogP contribution in [-0.4, -0.2) is 15.7 Å². The highest BCUT2D eigenvalue weighted by Crippen LogP contribution is 2.24. The number of rotatable bonds is 4. The number of amides is 1. The van der Waals surface area contributed by atoms with E-state index in [1.807, 2.05) is 60.1 Å². The summed E-state index contributed by atoms with van der Waals surface area (Å²) in [5, 5.41) is 7.35. The minimum atomic E-state index is -0.342. The first-order valence-corrected chi connectivity index (χ1v) is 8.89. The maximum atomic E-state index is 13.0. The van der Waals surface area contributed by atoms with Gasteiger partial charge in [0.05, 0.1) is 17.1 Å². The lowest BCUT2D eigenvalue weighted by atomic mass is 10.1. The Morgan fingerprint density at radius 1 is 0.929 bits per heavy atom. The molecule has 28 heavy (non-hydrogen) atoms. The summed E-state index contributed by atoms with van der Waals surface area (Å²) in [7, 11) is 0. The lowest BCUT2D eigenvalue weighted by Crippen LogP contribution is -2.12. The van der Waals surface area contributed by atoms with Crippen LogP contribution in [0.4, 0.5) is 10.1 Å². The van der Waals surface area contributed by atoms with Crippen LogP contribution in [0.5, 0.6) is 0 Å². The van der Waals surface area contributed by atoms with Crippen molar-refractivity contribution < 1.29 is 9.18 Å². The fraction of sp³-hybridized carbons (Fsp3) is 0.0435. The van der Waals surface area contributed by atoms with E-state index in [2.05, 4.69) is 10.4 Å². The van der Waals surface area contributed by atoms with Gasteiger partial charge in [-0.1, -0.05) is 30.3 Å². The normalized spacial score (nSPS) is 10.6. The number of nitrogens with one attached hydrogen (secondary N) is 1. The summed E-state index contributed by atoms with van der Waals surface area (Å²) in [6.07, 6.45) is 0. The largest absolute Gasteiger partial charge is 0.322 e. The zero-order valence-electron chi connectivity index (χ0n) is 15.3. The molecule has 4 nitrogen and oxygen atoms in total. The molecule has 1 N–H and O–H groups in total. The van der Waals surface area contributed by atoms with Crippen LogP contribution in [0.2, 0.25) is 0 Å². The van der Waals surface area contributed by atoms with Crippen molar-refractivity contribution in [2.45, 2.75) is 6.92 Å². The Balaban J connectivity index is 1.59. The number of aromatic nitrogens is 2. The Hall–Kier alpha value is -3.73.